The Balaban J connectivity index is 0.000000379. The van der Waals surface area contributed by atoms with E-state index in [4.69, 9.17) is 15.8 Å². The van der Waals surface area contributed by atoms with Gasteiger partial charge in [-0.25, -0.2) is 16.8 Å². The first kappa shape index (κ1) is 39.1. The average molecular weight is 650 g/mol. The van der Waals surface area contributed by atoms with E-state index in [0.29, 0.717) is 17.9 Å². The number of nitrogens with zero attached hydrogens (tertiary/aromatic N) is 2. The average Bonchev–Trinajstić information content (AvgIpc) is 3.75. The number of likely N-dealkylation sites (tertiary alicyclic amines) is 1. The summed E-state index contributed by atoms with van der Waals surface area (Å²) >= 11 is 0. The van der Waals surface area contributed by atoms with Gasteiger partial charge in [0.1, 0.15) is 0 Å². The topological polar surface area (TPSA) is 180 Å². The van der Waals surface area contributed by atoms with Crippen LogP contribution in [0.3, 0.4) is 0 Å². The molecule has 1 saturated heterocycles. The predicted octanol–water partition coefficient (Wildman–Crippen LogP) is 3.63. The summed E-state index contributed by atoms with van der Waals surface area (Å²) < 4.78 is 48.7. The molecule has 2 aromatic rings. The van der Waals surface area contributed by atoms with Crippen LogP contribution >= 0.6 is 0 Å². The molecule has 0 unspecified atom stereocenters. The molecule has 2 aromatic carbocycles. The summed E-state index contributed by atoms with van der Waals surface area (Å²) in [5, 5.41) is 42.1. The van der Waals surface area contributed by atoms with Crippen LogP contribution < -0.4 is 0 Å². The number of sulfone groups is 2. The van der Waals surface area contributed by atoms with E-state index < -0.39 is 31.9 Å². The van der Waals surface area contributed by atoms with Gasteiger partial charge in [0, 0.05) is 26.1 Å². The van der Waals surface area contributed by atoms with Crippen LogP contribution in [0.5, 0.6) is 0 Å². The Morgan fingerprint density at radius 3 is 1.75 bits per heavy atom. The smallest absolute Gasteiger partial charge is 0.180 e. The number of hydrogen-bond donors (Lipinski definition) is 4. The number of nitrogens with one attached hydrogen (secondary N) is 1. The molecule has 2 fully saturated rings. The van der Waals surface area contributed by atoms with Crippen LogP contribution in [-0.2, 0) is 19.7 Å². The van der Waals surface area contributed by atoms with Crippen molar-refractivity contribution in [3.8, 4) is 6.07 Å². The Labute approximate surface area is 263 Å². The number of benzene rings is 2. The summed E-state index contributed by atoms with van der Waals surface area (Å²) in [6.07, 6.45) is 6.11. The predicted molar refractivity (Wildman–Crippen MR) is 172 cm³/mol. The van der Waals surface area contributed by atoms with E-state index in [-0.39, 0.29) is 28.4 Å². The molecule has 0 bridgehead atoms. The van der Waals surface area contributed by atoms with Gasteiger partial charge in [0.2, 0.25) is 0 Å². The molecule has 3 atom stereocenters. The van der Waals surface area contributed by atoms with E-state index in [0.717, 1.165) is 52.2 Å². The molecule has 0 amide bonds. The van der Waals surface area contributed by atoms with E-state index in [1.165, 1.54) is 0 Å². The maximum atomic E-state index is 12.3. The maximum Gasteiger partial charge on any atom is 0.180 e. The standard InChI is InChI=1S/C15H20N2O3S.C13H18O3S.C3H5N.CH4O/c16-9-5-11-17-10-4-8-14(17)15(18)12-21(19,20)13-6-2-1-3-7-13;14-13(11-6-4-5-7-11)10-17(15,16)12-8-2-1-3-9-12;1-2-3-4;1-2/h1-3,6-7,14-15,18H,4-5,8,10-12H2;1-3,8-9,11,13-14H,4-7,10H2;2,4H,1H3;2H,1H3/t14-,15+;13-;;/m01../s1. The molecule has 0 radical (unpaired) electrons. The molecule has 12 heteroatoms. The van der Waals surface area contributed by atoms with Crippen molar-refractivity contribution in [1.29, 1.82) is 10.7 Å². The van der Waals surface area contributed by atoms with Gasteiger partial charge in [-0.15, -0.1) is 0 Å². The third-order valence-electron chi connectivity index (χ3n) is 7.44. The molecule has 10 nitrogen and oxygen atoms in total. The summed E-state index contributed by atoms with van der Waals surface area (Å²) in [5.41, 5.74) is 0. The Kier molecular flexibility index (Phi) is 18.6. The van der Waals surface area contributed by atoms with Crippen LogP contribution in [0, 0.1) is 22.7 Å². The highest BCUT2D eigenvalue weighted by molar-refractivity contribution is 7.91. The fourth-order valence-corrected chi connectivity index (χ4v) is 8.17. The van der Waals surface area contributed by atoms with Crippen molar-refractivity contribution >= 4 is 25.5 Å². The molecule has 1 aliphatic carbocycles. The second kappa shape index (κ2) is 21.0. The monoisotopic (exact) mass is 649 g/mol. The summed E-state index contributed by atoms with van der Waals surface area (Å²) in [6, 6.07) is 18.5. The highest BCUT2D eigenvalue weighted by Gasteiger charge is 2.33. The van der Waals surface area contributed by atoms with Gasteiger partial charge in [-0.05, 0) is 81.3 Å². The molecule has 0 aromatic heterocycles. The van der Waals surface area contributed by atoms with E-state index in [1.54, 1.807) is 73.7 Å². The highest BCUT2D eigenvalue weighted by atomic mass is 32.2. The lowest BCUT2D eigenvalue weighted by Crippen LogP contribution is -2.42. The number of aliphatic hydroxyl groups excluding tert-OH is 3. The minimum absolute atomic E-state index is 0.151. The first-order valence-corrected chi connectivity index (χ1v) is 18.0. The second-order valence-electron chi connectivity index (χ2n) is 10.5. The van der Waals surface area contributed by atoms with Gasteiger partial charge in [0.25, 0.3) is 0 Å². The number of allylic oxidation sites excluding steroid dienone is 1. The van der Waals surface area contributed by atoms with Gasteiger partial charge in [-0.1, -0.05) is 49.2 Å². The molecule has 1 saturated carbocycles. The molecule has 4 N–H and O–H groups in total. The van der Waals surface area contributed by atoms with Gasteiger partial charge in [-0.3, -0.25) is 10.3 Å². The fourth-order valence-electron chi connectivity index (χ4n) is 5.25. The van der Waals surface area contributed by atoms with Crippen LogP contribution in [-0.4, -0.2) is 92.9 Å². The second-order valence-corrected chi connectivity index (χ2v) is 14.5. The highest BCUT2D eigenvalue weighted by Crippen LogP contribution is 2.29. The normalized spacial score (nSPS) is 18.0. The minimum atomic E-state index is -3.48. The SMILES string of the molecule is CC=C=N.CO.N#CCCN1CCC[C@H]1[C@H](O)CS(=O)(=O)c1ccccc1.O=S(=O)(C[C@@H](O)C1CCCC1)c1ccccc1. The van der Waals surface area contributed by atoms with Crippen LogP contribution in [0.4, 0.5) is 0 Å². The van der Waals surface area contributed by atoms with Crippen LogP contribution in [0.15, 0.2) is 76.5 Å². The number of nitriles is 1. The van der Waals surface area contributed by atoms with Gasteiger partial charge >= 0.3 is 0 Å². The summed E-state index contributed by atoms with van der Waals surface area (Å²) in [4.78, 5) is 2.57. The summed E-state index contributed by atoms with van der Waals surface area (Å²) in [7, 11) is -5.83. The third-order valence-corrected chi connectivity index (χ3v) is 11.0. The van der Waals surface area contributed by atoms with E-state index >= 15 is 0 Å². The van der Waals surface area contributed by atoms with Crippen LogP contribution in [0.1, 0.15) is 51.9 Å². The minimum Gasteiger partial charge on any atom is -0.400 e. The molecule has 4 rings (SSSR count). The van der Waals surface area contributed by atoms with Crippen molar-refractivity contribution in [1.82, 2.24) is 4.90 Å². The van der Waals surface area contributed by atoms with Gasteiger partial charge in [0.15, 0.2) is 19.7 Å². The van der Waals surface area contributed by atoms with Crippen molar-refractivity contribution < 1.29 is 32.2 Å². The van der Waals surface area contributed by atoms with Crippen molar-refractivity contribution in [2.24, 2.45) is 5.92 Å². The first-order valence-electron chi connectivity index (χ1n) is 14.7. The maximum absolute atomic E-state index is 12.3. The van der Waals surface area contributed by atoms with Crippen molar-refractivity contribution in [3.63, 3.8) is 0 Å². The van der Waals surface area contributed by atoms with E-state index in [1.807, 2.05) is 4.90 Å². The molecule has 244 valence electrons. The van der Waals surface area contributed by atoms with Crippen LogP contribution in [0.25, 0.3) is 0 Å². The van der Waals surface area contributed by atoms with Gasteiger partial charge in [0.05, 0.1) is 39.6 Å². The van der Waals surface area contributed by atoms with Crippen molar-refractivity contribution in [3.05, 3.63) is 66.7 Å². The first-order chi connectivity index (χ1) is 21.1. The van der Waals surface area contributed by atoms with Crippen molar-refractivity contribution in [2.75, 3.05) is 31.7 Å². The Bertz CT molecular complexity index is 1370. The Hall–Kier alpha value is -2.88. The zero-order valence-corrected chi connectivity index (χ0v) is 27.3. The molecular formula is C32H47N3O7S2. The summed E-state index contributed by atoms with van der Waals surface area (Å²) in [5.74, 6) is 1.79. The molecule has 1 aliphatic heterocycles. The quantitative estimate of drug-likeness (QED) is 0.280. The number of hydrogen-bond acceptors (Lipinski definition) is 10. The lowest BCUT2D eigenvalue weighted by atomic mass is 10.0. The largest absolute Gasteiger partial charge is 0.400 e. The van der Waals surface area contributed by atoms with Gasteiger partial charge in [-0.2, -0.15) is 5.26 Å². The van der Waals surface area contributed by atoms with Gasteiger partial charge < -0.3 is 15.3 Å². The Morgan fingerprint density at radius 2 is 1.32 bits per heavy atom. The molecular weight excluding hydrogens is 603 g/mol. The fraction of sp³-hybridized carbons (Fsp3) is 0.531. The van der Waals surface area contributed by atoms with E-state index in [9.17, 15) is 27.0 Å². The lowest BCUT2D eigenvalue weighted by Gasteiger charge is -2.27. The Morgan fingerprint density at radius 1 is 0.864 bits per heavy atom. The zero-order valence-electron chi connectivity index (χ0n) is 25.6. The number of aliphatic hydroxyl groups is 3. The van der Waals surface area contributed by atoms with Crippen molar-refractivity contribution in [2.45, 2.75) is 79.9 Å². The number of rotatable bonds is 10. The molecule has 2 aliphatic rings. The lowest BCUT2D eigenvalue weighted by molar-refractivity contribution is 0.0900. The third kappa shape index (κ3) is 13.4. The molecule has 1 heterocycles. The molecule has 44 heavy (non-hydrogen) atoms. The van der Waals surface area contributed by atoms with E-state index in [2.05, 4.69) is 11.9 Å². The van der Waals surface area contributed by atoms with Crippen LogP contribution in [0.2, 0.25) is 0 Å². The molecule has 0 spiro atoms. The zero-order chi connectivity index (χ0) is 33.0. The summed E-state index contributed by atoms with van der Waals surface area (Å²) in [6.45, 7) is 3.16.